The molecule has 0 aliphatic carbocycles. The van der Waals surface area contributed by atoms with E-state index in [1.807, 2.05) is 44.0 Å². The maximum absolute atomic E-state index is 12.3. The molecular weight excluding hydrogens is 326 g/mol. The molecule has 138 valence electrons. The quantitative estimate of drug-likeness (QED) is 0.808. The fourth-order valence-electron chi connectivity index (χ4n) is 3.29. The maximum Gasteiger partial charge on any atom is 0.410 e. The van der Waals surface area contributed by atoms with Crippen LogP contribution in [0.5, 0.6) is 0 Å². The number of hydrogen-bond acceptors (Lipinski definition) is 4. The van der Waals surface area contributed by atoms with Crippen molar-refractivity contribution in [3.8, 4) is 0 Å². The Morgan fingerprint density at radius 1 is 1.08 bits per heavy atom. The van der Waals surface area contributed by atoms with Crippen LogP contribution in [-0.2, 0) is 4.74 Å². The van der Waals surface area contributed by atoms with Crippen LogP contribution in [0.4, 0.5) is 16.2 Å². The predicted molar refractivity (Wildman–Crippen MR) is 104 cm³/mol. The molecule has 5 heteroatoms. The largest absolute Gasteiger partial charge is 0.444 e. The molecule has 0 N–H and O–H groups in total. The fourth-order valence-corrected chi connectivity index (χ4v) is 3.29. The van der Waals surface area contributed by atoms with Crippen molar-refractivity contribution >= 4 is 17.5 Å². The second-order valence-corrected chi connectivity index (χ2v) is 7.62. The number of piperidine rings is 1. The minimum absolute atomic E-state index is 0.219. The van der Waals surface area contributed by atoms with Crippen LogP contribution < -0.4 is 4.90 Å². The summed E-state index contributed by atoms with van der Waals surface area (Å²) >= 11 is 0. The Balaban J connectivity index is 1.73. The van der Waals surface area contributed by atoms with E-state index in [4.69, 9.17) is 4.74 Å². The number of nitrogens with zero attached hydrogens (tertiary/aromatic N) is 3. The van der Waals surface area contributed by atoms with E-state index in [2.05, 4.69) is 40.2 Å². The standard InChI is InChI=1S/C21H27N3O2/c1-21(2,3)26-20(25)23-14-11-18(12-15-23)24(17-8-5-4-6-9-17)19-10-7-13-22-16-19/h4-10,13,16,18H,11-12,14-15H2,1-3H3. The van der Waals surface area contributed by atoms with Gasteiger partial charge in [0.25, 0.3) is 0 Å². The minimum Gasteiger partial charge on any atom is -0.444 e. The number of pyridine rings is 1. The first-order valence-electron chi connectivity index (χ1n) is 9.16. The van der Waals surface area contributed by atoms with Gasteiger partial charge in [-0.1, -0.05) is 18.2 Å². The van der Waals surface area contributed by atoms with Crippen LogP contribution in [0.1, 0.15) is 33.6 Å². The summed E-state index contributed by atoms with van der Waals surface area (Å²) in [5.41, 5.74) is 1.77. The molecule has 1 aromatic carbocycles. The summed E-state index contributed by atoms with van der Waals surface area (Å²) < 4.78 is 5.51. The molecule has 1 aromatic heterocycles. The number of benzene rings is 1. The summed E-state index contributed by atoms with van der Waals surface area (Å²) in [5, 5.41) is 0. The summed E-state index contributed by atoms with van der Waals surface area (Å²) in [5.74, 6) is 0. The number of likely N-dealkylation sites (tertiary alicyclic amines) is 1. The lowest BCUT2D eigenvalue weighted by atomic mass is 10.0. The monoisotopic (exact) mass is 353 g/mol. The van der Waals surface area contributed by atoms with Gasteiger partial charge >= 0.3 is 6.09 Å². The van der Waals surface area contributed by atoms with E-state index in [9.17, 15) is 4.79 Å². The van der Waals surface area contributed by atoms with Gasteiger partial charge in [0.05, 0.1) is 11.9 Å². The van der Waals surface area contributed by atoms with Gasteiger partial charge in [0, 0.05) is 31.0 Å². The second kappa shape index (κ2) is 7.77. The Labute approximate surface area is 155 Å². The highest BCUT2D eigenvalue weighted by molar-refractivity contribution is 5.68. The first kappa shape index (κ1) is 18.2. The lowest BCUT2D eigenvalue weighted by Gasteiger charge is -2.40. The Hall–Kier alpha value is -2.56. The smallest absolute Gasteiger partial charge is 0.410 e. The molecule has 0 radical (unpaired) electrons. The number of ether oxygens (including phenoxy) is 1. The zero-order valence-corrected chi connectivity index (χ0v) is 15.8. The van der Waals surface area contributed by atoms with Crippen molar-refractivity contribution in [2.24, 2.45) is 0 Å². The molecular formula is C21H27N3O2. The molecule has 1 aliphatic rings. The van der Waals surface area contributed by atoms with Gasteiger partial charge in [0.15, 0.2) is 0 Å². The zero-order valence-electron chi connectivity index (χ0n) is 15.8. The molecule has 2 heterocycles. The van der Waals surface area contributed by atoms with Crippen molar-refractivity contribution in [3.63, 3.8) is 0 Å². The highest BCUT2D eigenvalue weighted by Gasteiger charge is 2.30. The molecule has 26 heavy (non-hydrogen) atoms. The van der Waals surface area contributed by atoms with Crippen molar-refractivity contribution in [2.45, 2.75) is 45.3 Å². The summed E-state index contributed by atoms with van der Waals surface area (Å²) in [4.78, 5) is 20.7. The van der Waals surface area contributed by atoms with Crippen molar-refractivity contribution in [1.29, 1.82) is 0 Å². The highest BCUT2D eigenvalue weighted by atomic mass is 16.6. The number of carbonyl (C=O) groups excluding carboxylic acids is 1. The average Bonchev–Trinajstić information content (AvgIpc) is 2.63. The molecule has 0 bridgehead atoms. The van der Waals surface area contributed by atoms with Crippen molar-refractivity contribution in [3.05, 3.63) is 54.9 Å². The first-order chi connectivity index (χ1) is 12.4. The number of aromatic nitrogens is 1. The van der Waals surface area contributed by atoms with Gasteiger partial charge in [0.1, 0.15) is 5.60 Å². The van der Waals surface area contributed by atoms with Crippen LogP contribution in [0.2, 0.25) is 0 Å². The van der Waals surface area contributed by atoms with E-state index in [-0.39, 0.29) is 6.09 Å². The van der Waals surface area contributed by atoms with Crippen LogP contribution in [0.25, 0.3) is 0 Å². The fraction of sp³-hybridized carbons (Fsp3) is 0.429. The number of hydrogen-bond donors (Lipinski definition) is 0. The molecule has 1 aliphatic heterocycles. The van der Waals surface area contributed by atoms with E-state index in [0.29, 0.717) is 19.1 Å². The Kier molecular flexibility index (Phi) is 5.45. The summed E-state index contributed by atoms with van der Waals surface area (Å²) in [6, 6.07) is 14.7. The molecule has 1 fully saturated rings. The van der Waals surface area contributed by atoms with Crippen LogP contribution in [0.3, 0.4) is 0 Å². The number of rotatable bonds is 3. The molecule has 3 rings (SSSR count). The average molecular weight is 353 g/mol. The van der Waals surface area contributed by atoms with Crippen LogP contribution in [-0.4, -0.2) is 40.7 Å². The van der Waals surface area contributed by atoms with Crippen molar-refractivity contribution in [2.75, 3.05) is 18.0 Å². The van der Waals surface area contributed by atoms with Gasteiger partial charge in [-0.05, 0) is 57.9 Å². The van der Waals surface area contributed by atoms with E-state index >= 15 is 0 Å². The van der Waals surface area contributed by atoms with Crippen LogP contribution in [0, 0.1) is 0 Å². The van der Waals surface area contributed by atoms with Gasteiger partial charge in [-0.15, -0.1) is 0 Å². The molecule has 1 amide bonds. The predicted octanol–water partition coefficient (Wildman–Crippen LogP) is 4.62. The third-order valence-electron chi connectivity index (χ3n) is 4.44. The minimum atomic E-state index is -0.459. The number of anilines is 2. The number of para-hydroxylation sites is 1. The third-order valence-corrected chi connectivity index (χ3v) is 4.44. The summed E-state index contributed by atoms with van der Waals surface area (Å²) in [6.07, 6.45) is 5.25. The maximum atomic E-state index is 12.3. The summed E-state index contributed by atoms with van der Waals surface area (Å²) in [6.45, 7) is 7.10. The van der Waals surface area contributed by atoms with Crippen LogP contribution >= 0.6 is 0 Å². The molecule has 0 spiro atoms. The van der Waals surface area contributed by atoms with Gasteiger partial charge in [0.2, 0.25) is 0 Å². The number of carbonyl (C=O) groups is 1. The van der Waals surface area contributed by atoms with Gasteiger partial charge in [-0.3, -0.25) is 4.98 Å². The normalized spacial score (nSPS) is 15.6. The zero-order chi connectivity index (χ0) is 18.6. The molecule has 2 aromatic rings. The molecule has 0 unspecified atom stereocenters. The molecule has 1 saturated heterocycles. The second-order valence-electron chi connectivity index (χ2n) is 7.62. The lowest BCUT2D eigenvalue weighted by Crippen LogP contribution is -2.47. The SMILES string of the molecule is CC(C)(C)OC(=O)N1CCC(N(c2ccccc2)c2cccnc2)CC1. The van der Waals surface area contributed by atoms with E-state index < -0.39 is 5.60 Å². The van der Waals surface area contributed by atoms with E-state index in [1.54, 1.807) is 6.20 Å². The van der Waals surface area contributed by atoms with E-state index in [0.717, 1.165) is 24.2 Å². The Bertz CT molecular complexity index is 666. The first-order valence-corrected chi connectivity index (χ1v) is 9.16. The Morgan fingerprint density at radius 2 is 1.73 bits per heavy atom. The topological polar surface area (TPSA) is 45.7 Å². The van der Waals surface area contributed by atoms with E-state index in [1.165, 1.54) is 0 Å². The van der Waals surface area contributed by atoms with Gasteiger partial charge in [-0.2, -0.15) is 0 Å². The third kappa shape index (κ3) is 4.54. The van der Waals surface area contributed by atoms with Crippen LogP contribution in [0.15, 0.2) is 54.9 Å². The molecule has 5 nitrogen and oxygen atoms in total. The Morgan fingerprint density at radius 3 is 2.31 bits per heavy atom. The lowest BCUT2D eigenvalue weighted by molar-refractivity contribution is 0.0206. The molecule has 0 atom stereocenters. The van der Waals surface area contributed by atoms with Gasteiger partial charge in [-0.25, -0.2) is 4.79 Å². The van der Waals surface area contributed by atoms with Crippen molar-refractivity contribution < 1.29 is 9.53 Å². The summed E-state index contributed by atoms with van der Waals surface area (Å²) in [7, 11) is 0. The highest BCUT2D eigenvalue weighted by Crippen LogP contribution is 2.31. The molecule has 0 saturated carbocycles. The van der Waals surface area contributed by atoms with Crippen molar-refractivity contribution in [1.82, 2.24) is 9.88 Å². The van der Waals surface area contributed by atoms with Gasteiger partial charge < -0.3 is 14.5 Å². The number of amides is 1.